The number of hydrogen-bond acceptors (Lipinski definition) is 4. The lowest BCUT2D eigenvalue weighted by molar-refractivity contribution is -0.127. The molecule has 3 aromatic rings. The fourth-order valence-electron chi connectivity index (χ4n) is 3.71. The van der Waals surface area contributed by atoms with Crippen LogP contribution in [0.3, 0.4) is 0 Å². The lowest BCUT2D eigenvalue weighted by Gasteiger charge is -2.28. The molecule has 33 heavy (non-hydrogen) atoms. The number of benzene rings is 2. The standard InChI is InChI=1S/C25H30N6O2/c1-18-12-14-31(29-18)22-10-6-4-8-19(22)16-26-25(27-17-24(32)30(2)3)28-21-13-15-33-23-11-7-5-9-20(21)23/h4-12,14,21H,13,15-17H2,1-3H3,(H2,26,27,28). The third-order valence-electron chi connectivity index (χ3n) is 5.54. The highest BCUT2D eigenvalue weighted by Gasteiger charge is 2.22. The molecule has 4 rings (SSSR count). The Hall–Kier alpha value is -3.81. The zero-order valence-electron chi connectivity index (χ0n) is 19.3. The number of carbonyl (C=O) groups excluding carboxylic acids is 1. The maximum atomic E-state index is 12.2. The predicted octanol–water partition coefficient (Wildman–Crippen LogP) is 2.83. The van der Waals surface area contributed by atoms with Crippen molar-refractivity contribution in [3.63, 3.8) is 0 Å². The van der Waals surface area contributed by atoms with Gasteiger partial charge in [-0.3, -0.25) is 4.79 Å². The Balaban J connectivity index is 1.57. The van der Waals surface area contributed by atoms with E-state index in [0.717, 1.165) is 34.7 Å². The summed E-state index contributed by atoms with van der Waals surface area (Å²) in [6.07, 6.45) is 2.76. The largest absolute Gasteiger partial charge is 0.493 e. The number of nitrogens with zero attached hydrogens (tertiary/aromatic N) is 4. The summed E-state index contributed by atoms with van der Waals surface area (Å²) >= 11 is 0. The molecule has 1 aromatic heterocycles. The van der Waals surface area contributed by atoms with Gasteiger partial charge < -0.3 is 20.3 Å². The Morgan fingerprint density at radius 3 is 2.76 bits per heavy atom. The summed E-state index contributed by atoms with van der Waals surface area (Å²) in [5.41, 5.74) is 4.06. The first-order chi connectivity index (χ1) is 16.0. The van der Waals surface area contributed by atoms with Crippen molar-refractivity contribution in [2.45, 2.75) is 25.9 Å². The molecule has 0 saturated carbocycles. The monoisotopic (exact) mass is 446 g/mol. The number of fused-ring (bicyclic) bond motifs is 1. The molecule has 1 atom stereocenters. The molecular formula is C25H30N6O2. The molecule has 2 aromatic carbocycles. The second-order valence-electron chi connectivity index (χ2n) is 8.21. The van der Waals surface area contributed by atoms with E-state index in [1.807, 2.05) is 66.3 Å². The number of likely N-dealkylation sites (N-methyl/N-ethyl adjacent to an activating group) is 1. The molecule has 0 radical (unpaired) electrons. The lowest BCUT2D eigenvalue weighted by Crippen LogP contribution is -2.45. The van der Waals surface area contributed by atoms with E-state index in [4.69, 9.17) is 9.73 Å². The van der Waals surface area contributed by atoms with Crippen LogP contribution in [0.5, 0.6) is 5.75 Å². The first kappa shape index (κ1) is 22.4. The highest BCUT2D eigenvalue weighted by molar-refractivity contribution is 5.86. The van der Waals surface area contributed by atoms with E-state index in [9.17, 15) is 4.79 Å². The number of rotatable bonds is 6. The minimum Gasteiger partial charge on any atom is -0.493 e. The summed E-state index contributed by atoms with van der Waals surface area (Å²) in [5.74, 6) is 1.44. The third-order valence-corrected chi connectivity index (χ3v) is 5.54. The Bertz CT molecular complexity index is 1140. The normalized spacial score (nSPS) is 15.4. The van der Waals surface area contributed by atoms with Crippen molar-refractivity contribution in [2.24, 2.45) is 4.99 Å². The molecule has 0 bridgehead atoms. The van der Waals surface area contributed by atoms with E-state index in [1.165, 1.54) is 0 Å². The maximum absolute atomic E-state index is 12.2. The van der Waals surface area contributed by atoms with Gasteiger partial charge in [-0.2, -0.15) is 5.10 Å². The molecule has 1 unspecified atom stereocenters. The van der Waals surface area contributed by atoms with Crippen LogP contribution in [0.1, 0.15) is 29.3 Å². The van der Waals surface area contributed by atoms with Gasteiger partial charge in [0.1, 0.15) is 5.75 Å². The first-order valence-electron chi connectivity index (χ1n) is 11.1. The van der Waals surface area contributed by atoms with Crippen molar-refractivity contribution in [1.29, 1.82) is 0 Å². The summed E-state index contributed by atoms with van der Waals surface area (Å²) in [6.45, 7) is 3.19. The van der Waals surface area contributed by atoms with Crippen LogP contribution >= 0.6 is 0 Å². The average molecular weight is 447 g/mol. The number of aryl methyl sites for hydroxylation is 1. The summed E-state index contributed by atoms with van der Waals surface area (Å²) in [4.78, 5) is 18.6. The molecule has 0 spiro atoms. The van der Waals surface area contributed by atoms with Crippen molar-refractivity contribution >= 4 is 11.9 Å². The van der Waals surface area contributed by atoms with E-state index >= 15 is 0 Å². The molecule has 0 fully saturated rings. The van der Waals surface area contributed by atoms with Crippen molar-refractivity contribution in [3.8, 4) is 11.4 Å². The van der Waals surface area contributed by atoms with Gasteiger partial charge in [0.25, 0.3) is 0 Å². The summed E-state index contributed by atoms with van der Waals surface area (Å²) < 4.78 is 7.66. The summed E-state index contributed by atoms with van der Waals surface area (Å²) in [7, 11) is 3.48. The quantitative estimate of drug-likeness (QED) is 0.449. The van der Waals surface area contributed by atoms with E-state index in [1.54, 1.807) is 19.0 Å². The number of ether oxygens (including phenoxy) is 1. The number of amides is 1. The fraction of sp³-hybridized carbons (Fsp3) is 0.320. The average Bonchev–Trinajstić information content (AvgIpc) is 3.27. The third kappa shape index (κ3) is 5.52. The van der Waals surface area contributed by atoms with Gasteiger partial charge in [-0.15, -0.1) is 0 Å². The van der Waals surface area contributed by atoms with Crippen molar-refractivity contribution < 1.29 is 9.53 Å². The molecule has 0 aliphatic carbocycles. The van der Waals surface area contributed by atoms with Crippen molar-refractivity contribution in [1.82, 2.24) is 25.3 Å². The Labute approximate surface area is 194 Å². The fourth-order valence-corrected chi connectivity index (χ4v) is 3.71. The Morgan fingerprint density at radius 1 is 1.18 bits per heavy atom. The van der Waals surface area contributed by atoms with E-state index in [-0.39, 0.29) is 18.5 Å². The summed E-state index contributed by atoms with van der Waals surface area (Å²) in [6, 6.07) is 18.1. The Morgan fingerprint density at radius 2 is 1.97 bits per heavy atom. The van der Waals surface area contributed by atoms with Crippen LogP contribution in [0.25, 0.3) is 5.69 Å². The van der Waals surface area contributed by atoms with Crippen LogP contribution in [0.15, 0.2) is 65.8 Å². The number of nitrogens with one attached hydrogen (secondary N) is 2. The van der Waals surface area contributed by atoms with E-state index in [0.29, 0.717) is 19.1 Å². The van der Waals surface area contributed by atoms with Crippen LogP contribution in [-0.4, -0.2) is 53.8 Å². The minimum absolute atomic E-state index is 0.0238. The molecule has 2 N–H and O–H groups in total. The van der Waals surface area contributed by atoms with Crippen LogP contribution < -0.4 is 15.4 Å². The van der Waals surface area contributed by atoms with Crippen LogP contribution in [0.4, 0.5) is 0 Å². The van der Waals surface area contributed by atoms with Gasteiger partial charge in [-0.1, -0.05) is 36.4 Å². The molecule has 172 valence electrons. The Kier molecular flexibility index (Phi) is 6.92. The second kappa shape index (κ2) is 10.2. The number of guanidine groups is 1. The zero-order valence-corrected chi connectivity index (χ0v) is 19.3. The molecule has 8 nitrogen and oxygen atoms in total. The second-order valence-corrected chi connectivity index (χ2v) is 8.21. The van der Waals surface area contributed by atoms with Gasteiger partial charge in [0.05, 0.1) is 37.1 Å². The van der Waals surface area contributed by atoms with Gasteiger partial charge in [0.2, 0.25) is 5.91 Å². The highest BCUT2D eigenvalue weighted by Crippen LogP contribution is 2.31. The van der Waals surface area contributed by atoms with Crippen LogP contribution in [0, 0.1) is 6.92 Å². The van der Waals surface area contributed by atoms with Crippen molar-refractivity contribution in [2.75, 3.05) is 27.2 Å². The number of aromatic nitrogens is 2. The molecule has 0 saturated heterocycles. The SMILES string of the molecule is Cc1ccn(-c2ccccc2CN=C(NCC(=O)N(C)C)NC2CCOc3ccccc32)n1. The smallest absolute Gasteiger partial charge is 0.241 e. The predicted molar refractivity (Wildman–Crippen MR) is 129 cm³/mol. The van der Waals surface area contributed by atoms with Gasteiger partial charge in [-0.25, -0.2) is 9.67 Å². The molecular weight excluding hydrogens is 416 g/mol. The van der Waals surface area contributed by atoms with Crippen molar-refractivity contribution in [3.05, 3.63) is 77.6 Å². The number of para-hydroxylation sites is 2. The molecule has 1 aliphatic rings. The van der Waals surface area contributed by atoms with Crippen LogP contribution in [0.2, 0.25) is 0 Å². The van der Waals surface area contributed by atoms with Crippen LogP contribution in [-0.2, 0) is 11.3 Å². The van der Waals surface area contributed by atoms with Gasteiger partial charge in [0, 0.05) is 32.3 Å². The zero-order chi connectivity index (χ0) is 23.2. The van der Waals surface area contributed by atoms with Gasteiger partial charge >= 0.3 is 0 Å². The van der Waals surface area contributed by atoms with E-state index in [2.05, 4.69) is 21.8 Å². The van der Waals surface area contributed by atoms with E-state index < -0.39 is 0 Å². The van der Waals surface area contributed by atoms with Gasteiger partial charge in [0.15, 0.2) is 5.96 Å². The highest BCUT2D eigenvalue weighted by atomic mass is 16.5. The number of carbonyl (C=O) groups is 1. The number of aliphatic imine (C=N–C) groups is 1. The summed E-state index contributed by atoms with van der Waals surface area (Å²) in [5, 5.41) is 11.2. The topological polar surface area (TPSA) is 83.8 Å². The molecule has 1 amide bonds. The molecule has 2 heterocycles. The molecule has 1 aliphatic heterocycles. The molecule has 8 heteroatoms. The lowest BCUT2D eigenvalue weighted by atomic mass is 10.0. The first-order valence-corrected chi connectivity index (χ1v) is 11.1. The maximum Gasteiger partial charge on any atom is 0.241 e. The minimum atomic E-state index is -0.0238. The number of hydrogen-bond donors (Lipinski definition) is 2. The van der Waals surface area contributed by atoms with Gasteiger partial charge in [-0.05, 0) is 30.7 Å².